The first-order valence-electron chi connectivity index (χ1n) is 5.48. The van der Waals surface area contributed by atoms with E-state index in [4.69, 9.17) is 11.0 Å². The molecule has 1 fully saturated rings. The molecule has 1 amide bonds. The lowest BCUT2D eigenvalue weighted by Crippen LogP contribution is -2.34. The molecule has 1 heterocycles. The van der Waals surface area contributed by atoms with E-state index < -0.39 is 0 Å². The molecule has 0 unspecified atom stereocenters. The van der Waals surface area contributed by atoms with Gasteiger partial charge in [0.25, 0.3) is 5.91 Å². The molecule has 1 aromatic rings. The van der Waals surface area contributed by atoms with E-state index in [1.54, 1.807) is 4.90 Å². The maximum atomic E-state index is 12.1. The predicted octanol–water partition coefficient (Wildman–Crippen LogP) is 0.577. The van der Waals surface area contributed by atoms with Crippen LogP contribution in [0.1, 0.15) is 29.8 Å². The van der Waals surface area contributed by atoms with Gasteiger partial charge in [0.2, 0.25) is 0 Å². The Bertz CT molecular complexity index is 463. The molecule has 0 aromatic carbocycles. The van der Waals surface area contributed by atoms with Crippen molar-refractivity contribution in [1.82, 2.24) is 14.9 Å². The van der Waals surface area contributed by atoms with Gasteiger partial charge in [-0.1, -0.05) is 0 Å². The third kappa shape index (κ3) is 2.69. The number of carbonyl (C=O) groups is 1. The first-order valence-corrected chi connectivity index (χ1v) is 5.48. The SMILES string of the molecule is N#CCCN(C(=O)c1cncc(N)n1)C1CC1. The molecule has 0 saturated heterocycles. The van der Waals surface area contributed by atoms with Crippen LogP contribution in [0.15, 0.2) is 12.4 Å². The van der Waals surface area contributed by atoms with Crippen LogP contribution in [-0.2, 0) is 0 Å². The summed E-state index contributed by atoms with van der Waals surface area (Å²) in [5.74, 6) is 0.0365. The van der Waals surface area contributed by atoms with Gasteiger partial charge in [0.15, 0.2) is 0 Å². The smallest absolute Gasteiger partial charge is 0.274 e. The number of hydrogen-bond donors (Lipinski definition) is 1. The van der Waals surface area contributed by atoms with Crippen LogP contribution in [0.25, 0.3) is 0 Å². The van der Waals surface area contributed by atoms with Crippen LogP contribution in [-0.4, -0.2) is 33.4 Å². The van der Waals surface area contributed by atoms with E-state index in [0.717, 1.165) is 12.8 Å². The van der Waals surface area contributed by atoms with Crippen LogP contribution in [0.3, 0.4) is 0 Å². The van der Waals surface area contributed by atoms with E-state index >= 15 is 0 Å². The van der Waals surface area contributed by atoms with E-state index in [-0.39, 0.29) is 23.5 Å². The number of carbonyl (C=O) groups excluding carboxylic acids is 1. The van der Waals surface area contributed by atoms with Gasteiger partial charge in [-0.25, -0.2) is 4.98 Å². The number of aromatic nitrogens is 2. The molecule has 1 aliphatic rings. The molecular formula is C11H13N5O. The highest BCUT2D eigenvalue weighted by Gasteiger charge is 2.33. The number of nitrogen functional groups attached to an aromatic ring is 1. The maximum Gasteiger partial charge on any atom is 0.274 e. The third-order valence-electron chi connectivity index (χ3n) is 2.59. The summed E-state index contributed by atoms with van der Waals surface area (Å²) >= 11 is 0. The molecule has 6 nitrogen and oxygen atoms in total. The maximum absolute atomic E-state index is 12.1. The Morgan fingerprint density at radius 3 is 2.94 bits per heavy atom. The zero-order valence-electron chi connectivity index (χ0n) is 9.33. The number of rotatable bonds is 4. The number of amides is 1. The molecule has 0 spiro atoms. The molecule has 1 aliphatic carbocycles. The fraction of sp³-hybridized carbons (Fsp3) is 0.455. The average Bonchev–Trinajstić information content (AvgIpc) is 3.14. The van der Waals surface area contributed by atoms with Crippen molar-refractivity contribution in [2.45, 2.75) is 25.3 Å². The Hall–Kier alpha value is -2.16. The van der Waals surface area contributed by atoms with Crippen molar-refractivity contribution >= 4 is 11.7 Å². The Balaban J connectivity index is 2.13. The van der Waals surface area contributed by atoms with Crippen LogP contribution in [0.5, 0.6) is 0 Å². The van der Waals surface area contributed by atoms with Crippen molar-refractivity contribution in [3.63, 3.8) is 0 Å². The van der Waals surface area contributed by atoms with Crippen molar-refractivity contribution in [3.8, 4) is 6.07 Å². The van der Waals surface area contributed by atoms with Gasteiger partial charge in [-0.15, -0.1) is 0 Å². The summed E-state index contributed by atoms with van der Waals surface area (Å²) in [6, 6.07) is 2.29. The Kier molecular flexibility index (Phi) is 3.19. The van der Waals surface area contributed by atoms with Gasteiger partial charge in [0.1, 0.15) is 11.5 Å². The summed E-state index contributed by atoms with van der Waals surface area (Å²) < 4.78 is 0. The van der Waals surface area contributed by atoms with E-state index in [1.807, 2.05) is 6.07 Å². The van der Waals surface area contributed by atoms with Crippen LogP contribution in [0.4, 0.5) is 5.82 Å². The van der Waals surface area contributed by atoms with E-state index in [2.05, 4.69) is 9.97 Å². The lowest BCUT2D eigenvalue weighted by Gasteiger charge is -2.20. The van der Waals surface area contributed by atoms with Crippen LogP contribution in [0.2, 0.25) is 0 Å². The topological polar surface area (TPSA) is 95.9 Å². The first-order chi connectivity index (χ1) is 8.22. The second-order valence-electron chi connectivity index (χ2n) is 3.97. The summed E-state index contributed by atoms with van der Waals surface area (Å²) in [5, 5.41) is 8.58. The van der Waals surface area contributed by atoms with Crippen molar-refractivity contribution in [3.05, 3.63) is 18.1 Å². The molecule has 0 atom stereocenters. The summed E-state index contributed by atoms with van der Waals surface area (Å²) in [4.78, 5) is 21.6. The molecule has 0 radical (unpaired) electrons. The van der Waals surface area contributed by atoms with E-state index in [0.29, 0.717) is 13.0 Å². The molecule has 1 saturated carbocycles. The van der Waals surface area contributed by atoms with Crippen LogP contribution in [0, 0.1) is 11.3 Å². The minimum absolute atomic E-state index is 0.192. The number of nitrogens with zero attached hydrogens (tertiary/aromatic N) is 4. The zero-order chi connectivity index (χ0) is 12.3. The van der Waals surface area contributed by atoms with Crippen molar-refractivity contribution in [2.24, 2.45) is 0 Å². The quantitative estimate of drug-likeness (QED) is 0.817. The van der Waals surface area contributed by atoms with Gasteiger partial charge < -0.3 is 10.6 Å². The number of nitriles is 1. The van der Waals surface area contributed by atoms with Gasteiger partial charge in [0, 0.05) is 12.6 Å². The molecule has 17 heavy (non-hydrogen) atoms. The standard InChI is InChI=1S/C11H13N5O/c12-4-1-5-16(8-2-3-8)11(17)9-6-14-7-10(13)15-9/h6-8H,1-3,5H2,(H2,13,15). The third-order valence-corrected chi connectivity index (χ3v) is 2.59. The van der Waals surface area contributed by atoms with Gasteiger partial charge in [-0.05, 0) is 12.8 Å². The molecular weight excluding hydrogens is 218 g/mol. The summed E-state index contributed by atoms with van der Waals surface area (Å²) in [6.07, 6.45) is 5.12. The molecule has 1 aromatic heterocycles. The Labute approximate surface area is 99.1 Å². The highest BCUT2D eigenvalue weighted by Crippen LogP contribution is 2.28. The summed E-state index contributed by atoms with van der Waals surface area (Å²) in [7, 11) is 0. The number of nitrogens with two attached hydrogens (primary N) is 1. The second kappa shape index (κ2) is 4.78. The highest BCUT2D eigenvalue weighted by atomic mass is 16.2. The van der Waals surface area contributed by atoms with Gasteiger partial charge in [-0.2, -0.15) is 5.26 Å². The Morgan fingerprint density at radius 2 is 2.35 bits per heavy atom. The summed E-state index contributed by atoms with van der Waals surface area (Å²) in [5.41, 5.74) is 5.74. The first kappa shape index (κ1) is 11.3. The molecule has 88 valence electrons. The van der Waals surface area contributed by atoms with Crippen molar-refractivity contribution in [1.29, 1.82) is 5.26 Å². The van der Waals surface area contributed by atoms with Gasteiger partial charge in [0.05, 0.1) is 24.9 Å². The number of hydrogen-bond acceptors (Lipinski definition) is 5. The lowest BCUT2D eigenvalue weighted by molar-refractivity contribution is 0.0740. The Morgan fingerprint density at radius 1 is 1.59 bits per heavy atom. The predicted molar refractivity (Wildman–Crippen MR) is 60.7 cm³/mol. The minimum Gasteiger partial charge on any atom is -0.382 e. The highest BCUT2D eigenvalue weighted by molar-refractivity contribution is 5.92. The van der Waals surface area contributed by atoms with Gasteiger partial charge in [-0.3, -0.25) is 9.78 Å². The van der Waals surface area contributed by atoms with Gasteiger partial charge >= 0.3 is 0 Å². The largest absolute Gasteiger partial charge is 0.382 e. The van der Waals surface area contributed by atoms with Crippen LogP contribution >= 0.6 is 0 Å². The molecule has 2 N–H and O–H groups in total. The fourth-order valence-electron chi connectivity index (χ4n) is 1.64. The number of anilines is 1. The van der Waals surface area contributed by atoms with E-state index in [1.165, 1.54) is 12.4 Å². The fourth-order valence-corrected chi connectivity index (χ4v) is 1.64. The molecule has 6 heteroatoms. The molecule has 0 bridgehead atoms. The molecule has 2 rings (SSSR count). The second-order valence-corrected chi connectivity index (χ2v) is 3.97. The zero-order valence-corrected chi connectivity index (χ0v) is 9.33. The van der Waals surface area contributed by atoms with Crippen LogP contribution < -0.4 is 5.73 Å². The minimum atomic E-state index is -0.192. The van der Waals surface area contributed by atoms with Crippen molar-refractivity contribution < 1.29 is 4.79 Å². The van der Waals surface area contributed by atoms with E-state index in [9.17, 15) is 4.79 Å². The molecule has 0 aliphatic heterocycles. The normalized spacial score (nSPS) is 14.1. The summed E-state index contributed by atoms with van der Waals surface area (Å²) in [6.45, 7) is 0.441. The monoisotopic (exact) mass is 231 g/mol. The lowest BCUT2D eigenvalue weighted by atomic mass is 10.3. The average molecular weight is 231 g/mol. The van der Waals surface area contributed by atoms with Crippen molar-refractivity contribution in [2.75, 3.05) is 12.3 Å².